The lowest BCUT2D eigenvalue weighted by molar-refractivity contribution is -1.19. The van der Waals surface area contributed by atoms with E-state index in [9.17, 15) is 5.21 Å². The van der Waals surface area contributed by atoms with Crippen LogP contribution in [0.5, 0.6) is 0 Å². The van der Waals surface area contributed by atoms with Crippen molar-refractivity contribution in [1.82, 2.24) is 0 Å². The smallest absolute Gasteiger partial charge is 0.140 e. The van der Waals surface area contributed by atoms with Crippen LogP contribution in [0, 0.1) is 5.21 Å². The van der Waals surface area contributed by atoms with Gasteiger partial charge in [0, 0.05) is 0 Å². The van der Waals surface area contributed by atoms with Crippen LogP contribution < -0.4 is 5.39 Å². The molecule has 4 heteroatoms. The number of quaternary nitrogens is 1. The van der Waals surface area contributed by atoms with E-state index in [1.54, 1.807) is 0 Å². The van der Waals surface area contributed by atoms with Crippen molar-refractivity contribution < 1.29 is 15.1 Å². The first kappa shape index (κ1) is 4.01. The molecule has 0 aromatic rings. The third-order valence-electron chi connectivity index (χ3n) is 0.523. The Balaban J connectivity index is 2.18. The van der Waals surface area contributed by atoms with Gasteiger partial charge in [-0.15, -0.1) is 0 Å². The zero-order chi connectivity index (χ0) is 4.41. The van der Waals surface area contributed by atoms with Crippen LogP contribution in [0.3, 0.4) is 0 Å². The molecule has 1 rings (SSSR count). The Bertz CT molecular complexity index is 42.1. The highest BCUT2D eigenvalue weighted by atomic mass is 17.1. The first-order chi connectivity index (χ1) is 2.89. The monoisotopic (exact) mass is 91.0 g/mol. The second-order valence-corrected chi connectivity index (χ2v) is 0.947. The highest BCUT2D eigenvalue weighted by Gasteiger charge is 2.06. The van der Waals surface area contributed by atoms with Crippen LogP contribution in [-0.2, 0) is 9.68 Å². The largest absolute Gasteiger partial charge is 0.566 e. The highest BCUT2D eigenvalue weighted by Crippen LogP contribution is 1.70. The van der Waals surface area contributed by atoms with Crippen LogP contribution in [0.15, 0.2) is 0 Å². The van der Waals surface area contributed by atoms with Gasteiger partial charge < -0.3 is 5.21 Å². The van der Waals surface area contributed by atoms with E-state index in [0.717, 1.165) is 0 Å². The summed E-state index contributed by atoms with van der Waals surface area (Å²) in [7, 11) is 0. The first-order valence-electron chi connectivity index (χ1n) is 1.69. The topological polar surface area (TPSA) is 46.0 Å². The summed E-state index contributed by atoms with van der Waals surface area (Å²) >= 11 is 0. The molecular formula is C2H5NO3. The minimum Gasteiger partial charge on any atom is -0.566 e. The second kappa shape index (κ2) is 1.53. The van der Waals surface area contributed by atoms with Crippen molar-refractivity contribution in [3.8, 4) is 0 Å². The van der Waals surface area contributed by atoms with Gasteiger partial charge in [-0.05, 0) is 0 Å². The molecule has 1 N–H and O–H groups in total. The van der Waals surface area contributed by atoms with Crippen molar-refractivity contribution in [2.45, 2.75) is 0 Å². The van der Waals surface area contributed by atoms with Crippen LogP contribution in [-0.4, -0.2) is 13.2 Å². The molecule has 1 saturated heterocycles. The maximum absolute atomic E-state index is 9.80. The normalized spacial score (nSPS) is 25.5. The molecule has 4 nitrogen and oxygen atoms in total. The molecule has 1 fully saturated rings. The van der Waals surface area contributed by atoms with Crippen molar-refractivity contribution in [3.05, 3.63) is 5.21 Å². The molecule has 0 bridgehead atoms. The number of hydrogen-bond donors (Lipinski definition) is 1. The average molecular weight is 91.1 g/mol. The molecule has 0 saturated carbocycles. The lowest BCUT2D eigenvalue weighted by atomic mass is 10.8. The molecule has 0 atom stereocenters. The molecule has 1 aliphatic heterocycles. The lowest BCUT2D eigenvalue weighted by Crippen LogP contribution is -3.02. The van der Waals surface area contributed by atoms with E-state index < -0.39 is 5.39 Å². The van der Waals surface area contributed by atoms with Gasteiger partial charge in [-0.25, -0.2) is 0 Å². The summed E-state index contributed by atoms with van der Waals surface area (Å²) in [4.78, 5) is 8.58. The van der Waals surface area contributed by atoms with Crippen LogP contribution in [0.25, 0.3) is 0 Å². The second-order valence-electron chi connectivity index (χ2n) is 0.947. The van der Waals surface area contributed by atoms with E-state index in [0.29, 0.717) is 13.2 Å². The molecule has 0 unspecified atom stereocenters. The van der Waals surface area contributed by atoms with E-state index in [1.807, 2.05) is 0 Å². The molecule has 36 valence electrons. The number of nitrogens with one attached hydrogen (secondary N) is 1. The Labute approximate surface area is 34.7 Å². The van der Waals surface area contributed by atoms with Gasteiger partial charge in [0.2, 0.25) is 0 Å². The van der Waals surface area contributed by atoms with Gasteiger partial charge in [0.25, 0.3) is 0 Å². The summed E-state index contributed by atoms with van der Waals surface area (Å²) < 4.78 is 0. The SMILES string of the molecule is [O-][NH+]1OCCO1. The Hall–Kier alpha value is -0.160. The average Bonchev–Trinajstić information content (AvgIpc) is 1.86. The zero-order valence-corrected chi connectivity index (χ0v) is 3.14. The molecule has 0 aromatic heterocycles. The fourth-order valence-corrected chi connectivity index (χ4v) is 0.292. The van der Waals surface area contributed by atoms with Crippen molar-refractivity contribution in [2.75, 3.05) is 13.2 Å². The van der Waals surface area contributed by atoms with Crippen molar-refractivity contribution in [3.63, 3.8) is 0 Å². The third kappa shape index (κ3) is 0.662. The quantitative estimate of drug-likeness (QED) is 0.359. The van der Waals surface area contributed by atoms with E-state index >= 15 is 0 Å². The van der Waals surface area contributed by atoms with Crippen LogP contribution >= 0.6 is 0 Å². The fraction of sp³-hybridized carbons (Fsp3) is 1.00. The molecule has 0 radical (unpaired) electrons. The highest BCUT2D eigenvalue weighted by molar-refractivity contribution is 4.17. The zero-order valence-electron chi connectivity index (χ0n) is 3.14. The van der Waals surface area contributed by atoms with Crippen molar-refractivity contribution in [1.29, 1.82) is 0 Å². The summed E-state index contributed by atoms with van der Waals surface area (Å²) in [6, 6.07) is 0. The fourth-order valence-electron chi connectivity index (χ4n) is 0.292. The number of rotatable bonds is 0. The summed E-state index contributed by atoms with van der Waals surface area (Å²) in [5, 5.41) is 9.25. The van der Waals surface area contributed by atoms with E-state index in [-0.39, 0.29) is 0 Å². The summed E-state index contributed by atoms with van der Waals surface area (Å²) in [6.07, 6.45) is 0. The molecule has 0 amide bonds. The van der Waals surface area contributed by atoms with E-state index in [2.05, 4.69) is 9.68 Å². The Morgan fingerprint density at radius 3 is 2.00 bits per heavy atom. The van der Waals surface area contributed by atoms with Gasteiger partial charge in [0.05, 0.1) is 0 Å². The summed E-state index contributed by atoms with van der Waals surface area (Å²) in [5.74, 6) is 0. The standard InChI is InChI=1S/C2H5NO3/c4-3-5-1-2-6-3/h3H,1-2H2. The van der Waals surface area contributed by atoms with E-state index in [1.165, 1.54) is 0 Å². The van der Waals surface area contributed by atoms with Gasteiger partial charge in [-0.2, -0.15) is 9.68 Å². The predicted octanol–water partition coefficient (Wildman–Crippen LogP) is -1.75. The van der Waals surface area contributed by atoms with E-state index in [4.69, 9.17) is 0 Å². The van der Waals surface area contributed by atoms with Gasteiger partial charge >= 0.3 is 0 Å². The maximum atomic E-state index is 9.80. The third-order valence-corrected chi connectivity index (χ3v) is 0.523. The minimum atomic E-state index is -0.546. The van der Waals surface area contributed by atoms with Gasteiger partial charge in [-0.1, -0.05) is 5.39 Å². The maximum Gasteiger partial charge on any atom is 0.140 e. The van der Waals surface area contributed by atoms with Crippen LogP contribution in [0.2, 0.25) is 0 Å². The summed E-state index contributed by atoms with van der Waals surface area (Å²) in [5.41, 5.74) is 0. The lowest BCUT2D eigenvalue weighted by Gasteiger charge is -2.04. The molecular weight excluding hydrogens is 86.0 g/mol. The molecule has 0 spiro atoms. The molecule has 6 heavy (non-hydrogen) atoms. The molecule has 0 aromatic carbocycles. The van der Waals surface area contributed by atoms with Gasteiger partial charge in [-0.3, -0.25) is 0 Å². The van der Waals surface area contributed by atoms with Crippen molar-refractivity contribution >= 4 is 0 Å². The molecule has 1 heterocycles. The van der Waals surface area contributed by atoms with Crippen LogP contribution in [0.4, 0.5) is 0 Å². The Morgan fingerprint density at radius 2 is 1.83 bits per heavy atom. The Kier molecular flexibility index (Phi) is 1.02. The number of hydrogen-bond acceptors (Lipinski definition) is 3. The van der Waals surface area contributed by atoms with Crippen molar-refractivity contribution in [2.24, 2.45) is 0 Å². The minimum absolute atomic E-state index is 0.416. The first-order valence-corrected chi connectivity index (χ1v) is 1.69. The molecule has 1 aliphatic rings. The Morgan fingerprint density at radius 1 is 1.33 bits per heavy atom. The van der Waals surface area contributed by atoms with Gasteiger partial charge in [0.15, 0.2) is 0 Å². The summed E-state index contributed by atoms with van der Waals surface area (Å²) in [6.45, 7) is 0.831. The van der Waals surface area contributed by atoms with Crippen LogP contribution in [0.1, 0.15) is 0 Å². The predicted molar refractivity (Wildman–Crippen MR) is 16.2 cm³/mol. The van der Waals surface area contributed by atoms with Gasteiger partial charge in [0.1, 0.15) is 13.2 Å². The molecule has 0 aliphatic carbocycles.